The number of carbonyl (C=O) groups is 2. The highest BCUT2D eigenvalue weighted by Crippen LogP contribution is 2.34. The summed E-state index contributed by atoms with van der Waals surface area (Å²) < 4.78 is 5.27. The van der Waals surface area contributed by atoms with Crippen molar-refractivity contribution in [2.45, 2.75) is 71.3 Å². The zero-order valence-electron chi connectivity index (χ0n) is 17.1. The van der Waals surface area contributed by atoms with Crippen molar-refractivity contribution in [3.8, 4) is 0 Å². The van der Waals surface area contributed by atoms with Crippen LogP contribution in [0.4, 0.5) is 0 Å². The third kappa shape index (κ3) is 4.78. The molecule has 1 saturated carbocycles. The van der Waals surface area contributed by atoms with E-state index in [4.69, 9.17) is 16.3 Å². The number of nitrogens with one attached hydrogen (secondary N) is 1. The molecule has 1 aromatic rings. The quantitative estimate of drug-likeness (QED) is 0.533. The molecule has 4 nitrogen and oxygen atoms in total. The van der Waals surface area contributed by atoms with Crippen LogP contribution in [0.5, 0.6) is 0 Å². The van der Waals surface area contributed by atoms with E-state index < -0.39 is 5.97 Å². The van der Waals surface area contributed by atoms with Gasteiger partial charge in [-0.3, -0.25) is 4.79 Å². The molecule has 1 aliphatic heterocycles. The predicted molar refractivity (Wildman–Crippen MR) is 113 cm³/mol. The van der Waals surface area contributed by atoms with Gasteiger partial charge in [0.2, 0.25) is 0 Å². The van der Waals surface area contributed by atoms with Gasteiger partial charge in [-0.15, -0.1) is 0 Å². The van der Waals surface area contributed by atoms with Gasteiger partial charge in [0.1, 0.15) is 0 Å². The van der Waals surface area contributed by atoms with Crippen LogP contribution in [-0.2, 0) is 16.0 Å². The highest BCUT2D eigenvalue weighted by atomic mass is 35.5. The van der Waals surface area contributed by atoms with E-state index >= 15 is 0 Å². The molecule has 0 bridgehead atoms. The lowest BCUT2D eigenvalue weighted by Gasteiger charge is -2.36. The molecule has 28 heavy (non-hydrogen) atoms. The van der Waals surface area contributed by atoms with Gasteiger partial charge in [-0.2, -0.15) is 0 Å². The fourth-order valence-electron chi connectivity index (χ4n) is 4.15. The van der Waals surface area contributed by atoms with Gasteiger partial charge in [-0.05, 0) is 57.2 Å². The number of ketones is 1. The minimum atomic E-state index is -0.419. The van der Waals surface area contributed by atoms with Crippen LogP contribution in [0.15, 0.2) is 18.2 Å². The molecule has 1 aromatic carbocycles. The van der Waals surface area contributed by atoms with E-state index in [-0.39, 0.29) is 17.2 Å². The lowest BCUT2D eigenvalue weighted by atomic mass is 9.82. The predicted octanol–water partition coefficient (Wildman–Crippen LogP) is 5.32. The Morgan fingerprint density at radius 3 is 2.64 bits per heavy atom. The van der Waals surface area contributed by atoms with Gasteiger partial charge in [0, 0.05) is 28.8 Å². The molecular formula is C23H30ClNO3. The van der Waals surface area contributed by atoms with E-state index in [0.29, 0.717) is 17.2 Å². The maximum absolute atomic E-state index is 12.9. The number of hydrogen-bond donors (Lipinski definition) is 1. The molecule has 0 atom stereocenters. The number of halogens is 1. The molecular weight excluding hydrogens is 374 g/mol. The first-order valence-electron chi connectivity index (χ1n) is 10.3. The summed E-state index contributed by atoms with van der Waals surface area (Å²) in [5.41, 5.74) is 2.86. The number of esters is 1. The van der Waals surface area contributed by atoms with Crippen molar-refractivity contribution in [3.63, 3.8) is 0 Å². The summed E-state index contributed by atoms with van der Waals surface area (Å²) in [4.78, 5) is 25.3. The number of fused-ring (bicyclic) bond motifs is 1. The van der Waals surface area contributed by atoms with E-state index in [1.165, 1.54) is 6.42 Å². The van der Waals surface area contributed by atoms with Gasteiger partial charge >= 0.3 is 5.97 Å². The molecule has 0 amide bonds. The van der Waals surface area contributed by atoms with Crippen LogP contribution in [0, 0.1) is 5.92 Å². The first-order valence-corrected chi connectivity index (χ1v) is 10.7. The lowest BCUT2D eigenvalue weighted by Crippen LogP contribution is -2.44. The zero-order valence-corrected chi connectivity index (χ0v) is 17.8. The molecule has 0 unspecified atom stereocenters. The Morgan fingerprint density at radius 2 is 1.96 bits per heavy atom. The maximum Gasteiger partial charge on any atom is 0.339 e. The Labute approximate surface area is 172 Å². The van der Waals surface area contributed by atoms with Crippen molar-refractivity contribution in [1.29, 1.82) is 0 Å². The second kappa shape index (κ2) is 8.69. The van der Waals surface area contributed by atoms with Crippen LogP contribution in [0.3, 0.4) is 0 Å². The number of ether oxygens (including phenoxy) is 1. The van der Waals surface area contributed by atoms with Crippen molar-refractivity contribution >= 4 is 29.1 Å². The Kier molecular flexibility index (Phi) is 6.49. The minimum absolute atomic E-state index is 0.109. The third-order valence-electron chi connectivity index (χ3n) is 5.54. The normalized spacial score (nSPS) is 20.4. The number of rotatable bonds is 5. The van der Waals surface area contributed by atoms with Gasteiger partial charge in [-0.25, -0.2) is 4.79 Å². The fraction of sp³-hybridized carbons (Fsp3) is 0.565. The second-order valence-corrected chi connectivity index (χ2v) is 9.01. The fourth-order valence-corrected chi connectivity index (χ4v) is 4.42. The SMILES string of the molecule is CCCOC(=O)c1cc2c(cc1Cl)CC(C)(C)NC2=CC(=O)C1CCCCC1. The Bertz CT molecular complexity index is 791. The van der Waals surface area contributed by atoms with Crippen LogP contribution in [-0.4, -0.2) is 23.9 Å². The van der Waals surface area contributed by atoms with Gasteiger partial charge < -0.3 is 10.1 Å². The summed E-state index contributed by atoms with van der Waals surface area (Å²) in [6.45, 7) is 6.52. The van der Waals surface area contributed by atoms with Gasteiger partial charge in [-0.1, -0.05) is 37.8 Å². The van der Waals surface area contributed by atoms with Crippen molar-refractivity contribution in [1.82, 2.24) is 5.32 Å². The Morgan fingerprint density at radius 1 is 1.25 bits per heavy atom. The number of carbonyl (C=O) groups excluding carboxylic acids is 2. The van der Waals surface area contributed by atoms with E-state index in [9.17, 15) is 9.59 Å². The van der Waals surface area contributed by atoms with Crippen molar-refractivity contribution in [3.05, 3.63) is 39.9 Å². The molecule has 2 aliphatic rings. The first-order chi connectivity index (χ1) is 13.3. The Balaban J connectivity index is 1.97. The maximum atomic E-state index is 12.9. The average Bonchev–Trinajstić information content (AvgIpc) is 2.65. The molecule has 0 aromatic heterocycles. The smallest absolute Gasteiger partial charge is 0.339 e. The molecule has 1 N–H and O–H groups in total. The van der Waals surface area contributed by atoms with Crippen LogP contribution >= 0.6 is 11.6 Å². The van der Waals surface area contributed by atoms with E-state index in [2.05, 4.69) is 19.2 Å². The lowest BCUT2D eigenvalue weighted by molar-refractivity contribution is -0.119. The van der Waals surface area contributed by atoms with Gasteiger partial charge in [0.05, 0.1) is 17.2 Å². The molecule has 1 heterocycles. The molecule has 0 radical (unpaired) electrons. The molecule has 152 valence electrons. The molecule has 1 fully saturated rings. The summed E-state index contributed by atoms with van der Waals surface area (Å²) in [6, 6.07) is 3.62. The molecule has 0 saturated heterocycles. The molecule has 0 spiro atoms. The molecule has 1 aliphatic carbocycles. The average molecular weight is 404 g/mol. The topological polar surface area (TPSA) is 55.4 Å². The highest BCUT2D eigenvalue weighted by Gasteiger charge is 2.31. The van der Waals surface area contributed by atoms with Crippen LogP contribution in [0.2, 0.25) is 5.02 Å². The largest absolute Gasteiger partial charge is 0.462 e. The number of benzene rings is 1. The zero-order chi connectivity index (χ0) is 20.3. The Hall–Kier alpha value is -1.81. The van der Waals surface area contributed by atoms with Crippen molar-refractivity contribution < 1.29 is 14.3 Å². The van der Waals surface area contributed by atoms with E-state index in [0.717, 1.165) is 55.3 Å². The van der Waals surface area contributed by atoms with Crippen LogP contribution < -0.4 is 5.32 Å². The summed E-state index contributed by atoms with van der Waals surface area (Å²) in [5.74, 6) is -0.133. The summed E-state index contributed by atoms with van der Waals surface area (Å²) in [7, 11) is 0. The monoisotopic (exact) mass is 403 g/mol. The van der Waals surface area contributed by atoms with E-state index in [1.54, 1.807) is 12.1 Å². The highest BCUT2D eigenvalue weighted by molar-refractivity contribution is 6.33. The van der Waals surface area contributed by atoms with Crippen molar-refractivity contribution in [2.24, 2.45) is 5.92 Å². The van der Waals surface area contributed by atoms with Gasteiger partial charge in [0.25, 0.3) is 0 Å². The summed E-state index contributed by atoms with van der Waals surface area (Å²) >= 11 is 6.40. The number of hydrogen-bond acceptors (Lipinski definition) is 4. The van der Waals surface area contributed by atoms with Crippen molar-refractivity contribution in [2.75, 3.05) is 6.61 Å². The van der Waals surface area contributed by atoms with E-state index in [1.807, 2.05) is 13.0 Å². The van der Waals surface area contributed by atoms with Gasteiger partial charge in [0.15, 0.2) is 5.78 Å². The third-order valence-corrected chi connectivity index (χ3v) is 5.85. The second-order valence-electron chi connectivity index (χ2n) is 8.61. The standard InChI is InChI=1S/C23H30ClNO3/c1-4-10-28-22(27)18-12-17-16(11-19(18)24)14-23(2,3)25-20(17)13-21(26)15-8-6-5-7-9-15/h11-13,15,25H,4-10,14H2,1-3H3. The molecule has 5 heteroatoms. The first kappa shape index (κ1) is 20.9. The minimum Gasteiger partial charge on any atom is -0.462 e. The summed E-state index contributed by atoms with van der Waals surface area (Å²) in [6.07, 6.45) is 8.66. The van der Waals surface area contributed by atoms with Crippen LogP contribution in [0.1, 0.15) is 80.8 Å². The van der Waals surface area contributed by atoms with Crippen LogP contribution in [0.25, 0.3) is 5.70 Å². The summed E-state index contributed by atoms with van der Waals surface area (Å²) in [5, 5.41) is 3.89. The molecule has 3 rings (SSSR count). The number of allylic oxidation sites excluding steroid dienone is 1.